The SMILES string of the molecule is NC(=O)CC[C@H](NC(=O)[C@H](CCCNC(N)=O)NC(=O)[C@@H](N)CS)C(=O)N[C@@H](Cc1ccc(O)cc1)C(=O)N[C@@H](Cc1ccc(O)cc1)C(=O)N1CCC[C@H]1C(=O)O. The van der Waals surface area contributed by atoms with Gasteiger partial charge in [0.05, 0.1) is 6.04 Å². The molecule has 0 bridgehead atoms. The number of thiol groups is 1. The van der Waals surface area contributed by atoms with Crippen LogP contribution in [0.3, 0.4) is 0 Å². The summed E-state index contributed by atoms with van der Waals surface area (Å²) in [6.07, 6.45) is -0.336. The van der Waals surface area contributed by atoms with Gasteiger partial charge >= 0.3 is 12.0 Å². The Labute approximate surface area is 339 Å². The van der Waals surface area contributed by atoms with Crippen molar-refractivity contribution in [3.8, 4) is 11.5 Å². The average Bonchev–Trinajstić information content (AvgIpc) is 3.68. The van der Waals surface area contributed by atoms with Crippen LogP contribution in [0.4, 0.5) is 4.79 Å². The van der Waals surface area contributed by atoms with E-state index >= 15 is 0 Å². The zero-order valence-electron chi connectivity index (χ0n) is 31.6. The van der Waals surface area contributed by atoms with Crippen LogP contribution in [0.25, 0.3) is 0 Å². The number of nitrogens with two attached hydrogens (primary N) is 3. The second-order valence-corrected chi connectivity index (χ2v) is 14.1. The normalized spacial score (nSPS) is 16.1. The molecule has 316 valence electrons. The Bertz CT molecular complexity index is 1780. The summed E-state index contributed by atoms with van der Waals surface area (Å²) in [6, 6.07) is 2.87. The molecule has 0 aliphatic carbocycles. The number of phenols is 2. The molecule has 1 aliphatic heterocycles. The number of hydrogen-bond acceptors (Lipinski definition) is 12. The minimum Gasteiger partial charge on any atom is -0.508 e. The molecule has 14 N–H and O–H groups in total. The van der Waals surface area contributed by atoms with Crippen LogP contribution in [0.15, 0.2) is 48.5 Å². The van der Waals surface area contributed by atoms with Crippen LogP contribution < -0.4 is 43.8 Å². The number of aromatic hydroxyl groups is 2. The van der Waals surface area contributed by atoms with Crippen molar-refractivity contribution in [1.29, 1.82) is 0 Å². The number of phenolic OH excluding ortho intramolecular Hbond substituents is 2. The van der Waals surface area contributed by atoms with E-state index in [0.29, 0.717) is 17.5 Å². The van der Waals surface area contributed by atoms with Crippen LogP contribution in [-0.4, -0.2) is 123 Å². The minimum atomic E-state index is -1.51. The van der Waals surface area contributed by atoms with E-state index in [1.54, 1.807) is 0 Å². The molecule has 1 heterocycles. The van der Waals surface area contributed by atoms with Crippen molar-refractivity contribution in [2.24, 2.45) is 17.2 Å². The number of aliphatic carboxylic acids is 1. The summed E-state index contributed by atoms with van der Waals surface area (Å²) < 4.78 is 0. The first-order chi connectivity index (χ1) is 27.5. The van der Waals surface area contributed by atoms with Gasteiger partial charge in [0.25, 0.3) is 0 Å². The largest absolute Gasteiger partial charge is 0.508 e. The highest BCUT2D eigenvalue weighted by Gasteiger charge is 2.39. The first-order valence-corrected chi connectivity index (χ1v) is 19.1. The van der Waals surface area contributed by atoms with E-state index in [1.165, 1.54) is 53.4 Å². The number of amides is 8. The molecule has 1 fully saturated rings. The number of primary amides is 2. The molecule has 2 aromatic rings. The Morgan fingerprint density at radius 2 is 1.21 bits per heavy atom. The maximum absolute atomic E-state index is 14.2. The molecule has 6 atom stereocenters. The van der Waals surface area contributed by atoms with E-state index in [9.17, 15) is 53.7 Å². The van der Waals surface area contributed by atoms with Crippen molar-refractivity contribution in [2.45, 2.75) is 87.6 Å². The third-order valence-corrected chi connectivity index (χ3v) is 9.66. The number of urea groups is 1. The number of likely N-dealkylation sites (tertiary alicyclic amines) is 1. The lowest BCUT2D eigenvalue weighted by Crippen LogP contribution is -2.60. The third-order valence-electron chi connectivity index (χ3n) is 9.27. The third kappa shape index (κ3) is 14.8. The topological polar surface area (TPSA) is 339 Å². The molecule has 1 saturated heterocycles. The summed E-state index contributed by atoms with van der Waals surface area (Å²) in [7, 11) is 0. The van der Waals surface area contributed by atoms with E-state index in [0.717, 1.165) is 0 Å². The number of carboxylic acids is 1. The Balaban J connectivity index is 1.94. The monoisotopic (exact) mass is 829 g/mol. The second kappa shape index (κ2) is 22.6. The molecule has 0 radical (unpaired) electrons. The van der Waals surface area contributed by atoms with Gasteiger partial charge in [0.2, 0.25) is 35.4 Å². The highest BCUT2D eigenvalue weighted by Crippen LogP contribution is 2.21. The van der Waals surface area contributed by atoms with Crippen molar-refractivity contribution in [3.05, 3.63) is 59.7 Å². The van der Waals surface area contributed by atoms with Gasteiger partial charge in [0.1, 0.15) is 41.7 Å². The molecule has 58 heavy (non-hydrogen) atoms. The smallest absolute Gasteiger partial charge is 0.326 e. The maximum atomic E-state index is 14.2. The lowest BCUT2D eigenvalue weighted by Gasteiger charge is -2.29. The van der Waals surface area contributed by atoms with Crippen LogP contribution in [0.5, 0.6) is 11.5 Å². The summed E-state index contributed by atoms with van der Waals surface area (Å²) in [4.78, 5) is 105. The fourth-order valence-corrected chi connectivity index (χ4v) is 6.32. The molecule has 21 heteroatoms. The van der Waals surface area contributed by atoms with E-state index < -0.39 is 83.7 Å². The number of carbonyl (C=O) groups excluding carboxylic acids is 7. The number of nitrogens with zero attached hydrogens (tertiary/aromatic N) is 1. The highest BCUT2D eigenvalue weighted by atomic mass is 32.1. The Morgan fingerprint density at radius 1 is 0.724 bits per heavy atom. The van der Waals surface area contributed by atoms with Crippen LogP contribution in [-0.2, 0) is 46.4 Å². The summed E-state index contributed by atoms with van der Waals surface area (Å²) in [5.74, 6) is -6.34. The van der Waals surface area contributed by atoms with E-state index in [1.807, 2.05) is 0 Å². The molecular weight excluding hydrogens is 779 g/mol. The summed E-state index contributed by atoms with van der Waals surface area (Å²) >= 11 is 4.01. The van der Waals surface area contributed by atoms with Crippen molar-refractivity contribution >= 4 is 60.1 Å². The van der Waals surface area contributed by atoms with Crippen LogP contribution in [0.2, 0.25) is 0 Å². The molecule has 3 rings (SSSR count). The van der Waals surface area contributed by atoms with Gasteiger partial charge in [-0.05, 0) is 67.5 Å². The molecule has 20 nitrogen and oxygen atoms in total. The number of nitrogens with one attached hydrogen (secondary N) is 5. The molecule has 0 unspecified atom stereocenters. The predicted molar refractivity (Wildman–Crippen MR) is 211 cm³/mol. The zero-order chi connectivity index (χ0) is 42.9. The number of hydrogen-bond donors (Lipinski definition) is 12. The van der Waals surface area contributed by atoms with E-state index in [4.69, 9.17) is 17.2 Å². The van der Waals surface area contributed by atoms with Gasteiger partial charge in [0.15, 0.2) is 0 Å². The van der Waals surface area contributed by atoms with Crippen LogP contribution in [0.1, 0.15) is 49.7 Å². The highest BCUT2D eigenvalue weighted by molar-refractivity contribution is 7.80. The van der Waals surface area contributed by atoms with Crippen molar-refractivity contribution in [3.63, 3.8) is 0 Å². The number of rotatable bonds is 22. The van der Waals surface area contributed by atoms with Gasteiger partial charge in [-0.15, -0.1) is 0 Å². The van der Waals surface area contributed by atoms with Gasteiger partial charge in [0, 0.05) is 38.1 Å². The number of carboxylic acid groups (broad SMARTS) is 1. The fourth-order valence-electron chi connectivity index (χ4n) is 6.15. The summed E-state index contributed by atoms with van der Waals surface area (Å²) in [5.41, 5.74) is 17.2. The lowest BCUT2D eigenvalue weighted by molar-refractivity contribution is -0.149. The van der Waals surface area contributed by atoms with Crippen molar-refractivity contribution < 1.29 is 53.7 Å². The Hall–Kier alpha value is -6.09. The molecule has 0 aromatic heterocycles. The van der Waals surface area contributed by atoms with Gasteiger partial charge in [-0.3, -0.25) is 28.8 Å². The summed E-state index contributed by atoms with van der Waals surface area (Å²) in [6.45, 7) is 0.161. The quantitative estimate of drug-likeness (QED) is 0.0447. The van der Waals surface area contributed by atoms with Crippen LogP contribution in [0, 0.1) is 0 Å². The predicted octanol–water partition coefficient (Wildman–Crippen LogP) is -2.13. The maximum Gasteiger partial charge on any atom is 0.326 e. The lowest BCUT2D eigenvalue weighted by atomic mass is 10.0. The van der Waals surface area contributed by atoms with Crippen molar-refractivity contribution in [1.82, 2.24) is 31.5 Å². The first-order valence-electron chi connectivity index (χ1n) is 18.5. The minimum absolute atomic E-state index is 0.0399. The molecule has 0 saturated carbocycles. The van der Waals surface area contributed by atoms with Gasteiger partial charge in [-0.2, -0.15) is 12.6 Å². The zero-order valence-corrected chi connectivity index (χ0v) is 32.5. The summed E-state index contributed by atoms with van der Waals surface area (Å²) in [5, 5.41) is 42.0. The van der Waals surface area contributed by atoms with Crippen molar-refractivity contribution in [2.75, 3.05) is 18.8 Å². The molecule has 8 amide bonds. The molecule has 2 aromatic carbocycles. The number of carbonyl (C=O) groups is 8. The number of benzene rings is 2. The Morgan fingerprint density at radius 3 is 1.72 bits per heavy atom. The standard InChI is InChI=1S/C37H51N9O11S/c38-24(19-58)31(50)42-25(3-1-15-41-37(40)57)32(51)43-26(13-14-30(39)49)33(52)44-27(17-20-5-9-22(47)10-6-20)34(53)45-28(18-21-7-11-23(48)12-8-21)35(54)46-16-2-4-29(46)36(55)56/h5-12,24-29,47-48,58H,1-4,13-19,38H2,(H2,39,49)(H,42,50)(H,43,51)(H,44,52)(H,45,53)(H,55,56)(H3,40,41,57)/t24-,25-,26-,27-,28-,29-/m0/s1. The van der Waals surface area contributed by atoms with Gasteiger partial charge in [-0.25, -0.2) is 9.59 Å². The van der Waals surface area contributed by atoms with E-state index in [2.05, 4.69) is 39.2 Å². The Kier molecular flexibility index (Phi) is 18.0. The molecule has 0 spiro atoms. The average molecular weight is 830 g/mol. The van der Waals surface area contributed by atoms with Crippen LogP contribution >= 0.6 is 12.6 Å². The fraction of sp³-hybridized carbons (Fsp3) is 0.459. The second-order valence-electron chi connectivity index (χ2n) is 13.7. The van der Waals surface area contributed by atoms with E-state index in [-0.39, 0.29) is 75.3 Å². The first kappa shape index (κ1) is 46.3. The molecule has 1 aliphatic rings. The molecular formula is C37H51N9O11S. The van der Waals surface area contributed by atoms with Gasteiger partial charge < -0.3 is 64.0 Å². The van der Waals surface area contributed by atoms with Gasteiger partial charge in [-0.1, -0.05) is 24.3 Å².